The third kappa shape index (κ3) is 68.5. The second-order valence-corrected chi connectivity index (χ2v) is 23.1. The van der Waals surface area contributed by atoms with Crippen LogP contribution in [0.15, 0.2) is 122 Å². The molecule has 6 heteroatoms. The molecule has 474 valence electrons. The number of carbonyl (C=O) groups excluding carboxylic acids is 3. The van der Waals surface area contributed by atoms with Crippen LogP contribution < -0.4 is 0 Å². The molecule has 0 N–H and O–H groups in total. The summed E-state index contributed by atoms with van der Waals surface area (Å²) in [6.07, 6.45) is 98.1. The summed E-state index contributed by atoms with van der Waals surface area (Å²) >= 11 is 0. The molecule has 6 nitrogen and oxygen atoms in total. The molecular formula is C77H130O6. The molecule has 1 atom stereocenters. The zero-order valence-electron chi connectivity index (χ0n) is 54.4. The molecule has 0 spiro atoms. The van der Waals surface area contributed by atoms with Gasteiger partial charge in [-0.15, -0.1) is 0 Å². The Morgan fingerprint density at radius 2 is 0.470 bits per heavy atom. The van der Waals surface area contributed by atoms with E-state index in [1.165, 1.54) is 167 Å². The lowest BCUT2D eigenvalue weighted by Crippen LogP contribution is -2.30. The van der Waals surface area contributed by atoms with Gasteiger partial charge in [0.05, 0.1) is 0 Å². The highest BCUT2D eigenvalue weighted by Crippen LogP contribution is 2.17. The van der Waals surface area contributed by atoms with E-state index in [0.29, 0.717) is 19.3 Å². The van der Waals surface area contributed by atoms with E-state index in [0.717, 1.165) is 122 Å². The topological polar surface area (TPSA) is 78.9 Å². The molecule has 0 radical (unpaired) electrons. The SMILES string of the molecule is CC/C=C\C/C=C\C/C=C\C/C=C\C/C=C\C/C=C\C/C=C\C/C=C\C/C=C\C/C=C\CCCCC(=O)OCC(COC(=O)CCCCCCCCCCC)OC(=O)CCCCCCCCCCCCCCCCCCCCCCCCC. The van der Waals surface area contributed by atoms with Crippen molar-refractivity contribution in [3.05, 3.63) is 122 Å². The third-order valence-corrected chi connectivity index (χ3v) is 15.0. The van der Waals surface area contributed by atoms with Crippen LogP contribution in [0.1, 0.15) is 329 Å². The Morgan fingerprint density at radius 1 is 0.253 bits per heavy atom. The summed E-state index contributed by atoms with van der Waals surface area (Å²) in [6.45, 7) is 6.50. The van der Waals surface area contributed by atoms with E-state index < -0.39 is 6.10 Å². The highest BCUT2D eigenvalue weighted by molar-refractivity contribution is 5.71. The Balaban J connectivity index is 4.27. The van der Waals surface area contributed by atoms with E-state index in [4.69, 9.17) is 14.2 Å². The van der Waals surface area contributed by atoms with E-state index in [1.54, 1.807) is 0 Å². The van der Waals surface area contributed by atoms with Crippen molar-refractivity contribution < 1.29 is 28.6 Å². The molecule has 0 aromatic rings. The van der Waals surface area contributed by atoms with Gasteiger partial charge in [0.1, 0.15) is 13.2 Å². The van der Waals surface area contributed by atoms with Crippen LogP contribution in [0.2, 0.25) is 0 Å². The van der Waals surface area contributed by atoms with Gasteiger partial charge in [0.25, 0.3) is 0 Å². The van der Waals surface area contributed by atoms with E-state index in [-0.39, 0.29) is 31.1 Å². The highest BCUT2D eigenvalue weighted by atomic mass is 16.6. The van der Waals surface area contributed by atoms with Gasteiger partial charge in [-0.25, -0.2) is 0 Å². The number of hydrogen-bond acceptors (Lipinski definition) is 6. The second kappa shape index (κ2) is 70.3. The maximum Gasteiger partial charge on any atom is 0.306 e. The lowest BCUT2D eigenvalue weighted by atomic mass is 10.0. The molecule has 0 heterocycles. The van der Waals surface area contributed by atoms with Gasteiger partial charge in [-0.05, 0) is 96.3 Å². The number of hydrogen-bond donors (Lipinski definition) is 0. The van der Waals surface area contributed by atoms with Crippen molar-refractivity contribution in [1.29, 1.82) is 0 Å². The molecule has 0 bridgehead atoms. The van der Waals surface area contributed by atoms with Gasteiger partial charge in [0.15, 0.2) is 6.10 Å². The molecule has 0 aromatic carbocycles. The minimum absolute atomic E-state index is 0.0894. The van der Waals surface area contributed by atoms with Gasteiger partial charge in [0.2, 0.25) is 0 Å². The fourth-order valence-electron chi connectivity index (χ4n) is 9.77. The molecule has 0 saturated carbocycles. The van der Waals surface area contributed by atoms with Crippen LogP contribution in [0.5, 0.6) is 0 Å². The summed E-state index contributed by atoms with van der Waals surface area (Å²) in [5.74, 6) is -0.927. The van der Waals surface area contributed by atoms with Gasteiger partial charge in [0, 0.05) is 19.3 Å². The molecule has 0 aromatic heterocycles. The van der Waals surface area contributed by atoms with Crippen molar-refractivity contribution in [2.45, 2.75) is 335 Å². The summed E-state index contributed by atoms with van der Waals surface area (Å²) < 4.78 is 16.9. The number of carbonyl (C=O) groups is 3. The summed E-state index contributed by atoms with van der Waals surface area (Å²) in [5.41, 5.74) is 0. The average Bonchev–Trinajstić information content (AvgIpc) is 3.49. The zero-order chi connectivity index (χ0) is 59.9. The second-order valence-electron chi connectivity index (χ2n) is 23.1. The standard InChI is InChI=1S/C77H130O6/c1-4-7-10-13-16-19-21-23-25-27-29-31-33-34-35-36-37-38-39-40-41-42-44-45-47-49-51-53-55-58-61-64-67-70-76(79)82-73-74(72-81-75(78)69-66-63-60-57-18-15-12-9-6-3)83-77(80)71-68-65-62-59-56-54-52-50-48-46-43-32-30-28-26-24-22-20-17-14-11-8-5-2/h7,10,16,19,23,25,29,31,34-35,37-38,40-41,44-45,49,51,55,58,74H,4-6,8-9,11-15,17-18,20-22,24,26-28,30,32-33,36,39,42-43,46-48,50,52-54,56-57,59-73H2,1-3H3/b10-7-,19-16-,25-23-,31-29-,35-34-,38-37-,41-40-,45-44-,51-49-,58-55-. The Morgan fingerprint density at radius 3 is 0.735 bits per heavy atom. The predicted octanol–water partition coefficient (Wildman–Crippen LogP) is 24.3. The van der Waals surface area contributed by atoms with Crippen molar-refractivity contribution in [2.24, 2.45) is 0 Å². The molecule has 0 amide bonds. The van der Waals surface area contributed by atoms with Gasteiger partial charge < -0.3 is 14.2 Å². The number of allylic oxidation sites excluding steroid dienone is 20. The Labute approximate surface area is 513 Å². The maximum absolute atomic E-state index is 12.9. The van der Waals surface area contributed by atoms with Crippen LogP contribution in [0, 0.1) is 0 Å². The van der Waals surface area contributed by atoms with Crippen LogP contribution in [0.25, 0.3) is 0 Å². The molecule has 0 aliphatic rings. The Bertz CT molecular complexity index is 1700. The molecule has 83 heavy (non-hydrogen) atoms. The first-order valence-electron chi connectivity index (χ1n) is 35.0. The highest BCUT2D eigenvalue weighted by Gasteiger charge is 2.19. The lowest BCUT2D eigenvalue weighted by Gasteiger charge is -2.18. The summed E-state index contributed by atoms with van der Waals surface area (Å²) in [6, 6.07) is 0. The molecule has 0 saturated heterocycles. The number of esters is 3. The number of rotatable bonds is 63. The van der Waals surface area contributed by atoms with Gasteiger partial charge in [-0.3, -0.25) is 14.4 Å². The first kappa shape index (κ1) is 78.8. The zero-order valence-corrected chi connectivity index (χ0v) is 54.4. The summed E-state index contributed by atoms with van der Waals surface area (Å²) in [4.78, 5) is 38.3. The van der Waals surface area contributed by atoms with Crippen molar-refractivity contribution in [1.82, 2.24) is 0 Å². The van der Waals surface area contributed by atoms with Crippen LogP contribution >= 0.6 is 0 Å². The fraction of sp³-hybridized carbons (Fsp3) is 0.701. The first-order valence-corrected chi connectivity index (χ1v) is 35.0. The van der Waals surface area contributed by atoms with E-state index in [9.17, 15) is 14.4 Å². The van der Waals surface area contributed by atoms with E-state index in [1.807, 2.05) is 0 Å². The van der Waals surface area contributed by atoms with E-state index in [2.05, 4.69) is 142 Å². The molecule has 0 aliphatic heterocycles. The first-order chi connectivity index (χ1) is 41.0. The Kier molecular flexibility index (Phi) is 66.7. The smallest absolute Gasteiger partial charge is 0.306 e. The van der Waals surface area contributed by atoms with Crippen molar-refractivity contribution >= 4 is 17.9 Å². The normalized spacial score (nSPS) is 12.9. The Hall–Kier alpha value is -4.19. The molecule has 0 rings (SSSR count). The molecular weight excluding hydrogens is 1020 g/mol. The lowest BCUT2D eigenvalue weighted by molar-refractivity contribution is -0.167. The van der Waals surface area contributed by atoms with Crippen molar-refractivity contribution in [3.63, 3.8) is 0 Å². The fourth-order valence-corrected chi connectivity index (χ4v) is 9.77. The van der Waals surface area contributed by atoms with Crippen molar-refractivity contribution in [2.75, 3.05) is 13.2 Å². The van der Waals surface area contributed by atoms with Crippen LogP contribution in [-0.2, 0) is 28.6 Å². The monoisotopic (exact) mass is 1150 g/mol. The van der Waals surface area contributed by atoms with E-state index >= 15 is 0 Å². The minimum atomic E-state index is -0.795. The molecule has 0 aliphatic carbocycles. The predicted molar refractivity (Wildman–Crippen MR) is 362 cm³/mol. The number of unbranched alkanes of at least 4 members (excludes halogenated alkanes) is 32. The minimum Gasteiger partial charge on any atom is -0.462 e. The third-order valence-electron chi connectivity index (χ3n) is 15.0. The van der Waals surface area contributed by atoms with Gasteiger partial charge >= 0.3 is 17.9 Å². The quantitative estimate of drug-likeness (QED) is 0.0261. The number of ether oxygens (including phenoxy) is 3. The summed E-state index contributed by atoms with van der Waals surface area (Å²) in [7, 11) is 0. The van der Waals surface area contributed by atoms with Crippen LogP contribution in [0.4, 0.5) is 0 Å². The summed E-state index contributed by atoms with van der Waals surface area (Å²) in [5, 5.41) is 0. The van der Waals surface area contributed by atoms with Gasteiger partial charge in [-0.1, -0.05) is 335 Å². The van der Waals surface area contributed by atoms with Crippen LogP contribution in [-0.4, -0.2) is 37.2 Å². The van der Waals surface area contributed by atoms with Gasteiger partial charge in [-0.2, -0.15) is 0 Å². The largest absolute Gasteiger partial charge is 0.462 e. The van der Waals surface area contributed by atoms with Crippen LogP contribution in [0.3, 0.4) is 0 Å². The van der Waals surface area contributed by atoms with Crippen molar-refractivity contribution in [3.8, 4) is 0 Å². The maximum atomic E-state index is 12.9. The average molecular weight is 1150 g/mol. The molecule has 1 unspecified atom stereocenters. The molecule has 0 fully saturated rings.